The number of nitrogens with one attached hydrogen (secondary N) is 2. The number of hydrogen-bond acceptors (Lipinski definition) is 5. The number of aromatic amines is 1. The monoisotopic (exact) mass is 365 g/mol. The minimum Gasteiger partial charge on any atom is -0.331 e. The van der Waals surface area contributed by atoms with Gasteiger partial charge in [-0.1, -0.05) is 12.1 Å². The first-order valence-corrected chi connectivity index (χ1v) is 9.54. The van der Waals surface area contributed by atoms with E-state index in [1.165, 1.54) is 4.90 Å². The molecule has 2 heterocycles. The molecule has 0 bridgehead atoms. The van der Waals surface area contributed by atoms with Crippen LogP contribution in [0.15, 0.2) is 29.1 Å². The zero-order chi connectivity index (χ0) is 18.0. The molecule has 1 saturated heterocycles. The molecular formula is C15H19N5O4S. The van der Waals surface area contributed by atoms with Crippen LogP contribution in [0, 0.1) is 5.92 Å². The maximum atomic E-state index is 12.2. The molecule has 1 aromatic carbocycles. The molecule has 0 spiro atoms. The maximum Gasteiger partial charge on any atom is 0.317 e. The van der Waals surface area contributed by atoms with Gasteiger partial charge in [-0.2, -0.15) is 0 Å². The van der Waals surface area contributed by atoms with E-state index in [0.29, 0.717) is 36.2 Å². The van der Waals surface area contributed by atoms with E-state index in [-0.39, 0.29) is 29.8 Å². The molecule has 10 heteroatoms. The Balaban J connectivity index is 1.61. The molecule has 1 atom stereocenters. The average molecular weight is 365 g/mol. The molecule has 1 aliphatic heterocycles. The summed E-state index contributed by atoms with van der Waals surface area (Å²) < 4.78 is 22.3. The summed E-state index contributed by atoms with van der Waals surface area (Å²) in [5.41, 5.74) is 0.300. The highest BCUT2D eigenvalue weighted by molar-refractivity contribution is 7.89. The molecule has 1 aromatic heterocycles. The Kier molecular flexibility index (Phi) is 4.73. The number of sulfonamides is 1. The number of carbonyl (C=O) groups is 1. The van der Waals surface area contributed by atoms with Gasteiger partial charge in [0.2, 0.25) is 10.0 Å². The number of nitrogens with two attached hydrogens (primary N) is 1. The maximum absolute atomic E-state index is 12.2. The molecule has 3 rings (SSSR count). The van der Waals surface area contributed by atoms with E-state index in [4.69, 9.17) is 5.14 Å². The number of amides is 2. The third kappa shape index (κ3) is 4.34. The van der Waals surface area contributed by atoms with Crippen molar-refractivity contribution >= 4 is 27.0 Å². The van der Waals surface area contributed by atoms with E-state index in [1.54, 1.807) is 24.3 Å². The lowest BCUT2D eigenvalue weighted by Crippen LogP contribution is -2.39. The van der Waals surface area contributed by atoms with Crippen molar-refractivity contribution in [3.8, 4) is 0 Å². The molecule has 25 heavy (non-hydrogen) atoms. The molecule has 4 N–H and O–H groups in total. The number of nitrogens with zero attached hydrogens (tertiary/aromatic N) is 2. The van der Waals surface area contributed by atoms with Gasteiger partial charge in [-0.3, -0.25) is 4.79 Å². The van der Waals surface area contributed by atoms with E-state index < -0.39 is 10.0 Å². The van der Waals surface area contributed by atoms with E-state index >= 15 is 0 Å². The lowest BCUT2D eigenvalue weighted by atomic mass is 10.2. The van der Waals surface area contributed by atoms with Gasteiger partial charge in [0.05, 0.1) is 23.2 Å². The van der Waals surface area contributed by atoms with Crippen molar-refractivity contribution in [1.82, 2.24) is 20.2 Å². The number of likely N-dealkylation sites (tertiary alicyclic amines) is 1. The number of benzene rings is 1. The van der Waals surface area contributed by atoms with E-state index in [9.17, 15) is 18.0 Å². The Labute approximate surface area is 144 Å². The Morgan fingerprint density at radius 1 is 1.40 bits per heavy atom. The van der Waals surface area contributed by atoms with Crippen LogP contribution in [0.4, 0.5) is 4.79 Å². The van der Waals surface area contributed by atoms with Gasteiger partial charge in [0.25, 0.3) is 5.56 Å². The third-order valence-corrected chi connectivity index (χ3v) is 5.05. The van der Waals surface area contributed by atoms with Crippen LogP contribution in [0.25, 0.3) is 10.9 Å². The van der Waals surface area contributed by atoms with Gasteiger partial charge in [-0.05, 0) is 24.5 Å². The molecule has 134 valence electrons. The summed E-state index contributed by atoms with van der Waals surface area (Å²) in [5, 5.41) is 8.22. The minimum atomic E-state index is -3.55. The van der Waals surface area contributed by atoms with Crippen molar-refractivity contribution in [3.63, 3.8) is 0 Å². The first kappa shape index (κ1) is 17.4. The van der Waals surface area contributed by atoms with Gasteiger partial charge in [0.1, 0.15) is 5.82 Å². The molecular weight excluding hydrogens is 346 g/mol. The Bertz CT molecular complexity index is 956. The standard InChI is InChI=1S/C15H19N5O4S/c16-25(23,24)9-10-5-6-20(8-10)15(22)17-7-13-18-12-4-2-1-3-11(12)14(21)19-13/h1-4,10H,5-9H2,(H,17,22)(H2,16,23,24)(H,18,19,21)/t10-/m1/s1. The van der Waals surface area contributed by atoms with E-state index in [1.807, 2.05) is 0 Å². The molecule has 1 aliphatic rings. The highest BCUT2D eigenvalue weighted by Crippen LogP contribution is 2.17. The second-order valence-electron chi connectivity index (χ2n) is 6.12. The second-order valence-corrected chi connectivity index (χ2v) is 7.78. The summed E-state index contributed by atoms with van der Waals surface area (Å²) in [5.74, 6) is 0.0766. The van der Waals surface area contributed by atoms with Crippen LogP contribution in [0.1, 0.15) is 12.2 Å². The minimum absolute atomic E-state index is 0.0786. The second kappa shape index (κ2) is 6.81. The fraction of sp³-hybridized carbons (Fsp3) is 0.400. The molecule has 2 amide bonds. The Hall–Kier alpha value is -2.46. The Morgan fingerprint density at radius 2 is 2.16 bits per heavy atom. The van der Waals surface area contributed by atoms with Crippen LogP contribution in [0.2, 0.25) is 0 Å². The third-order valence-electron chi connectivity index (χ3n) is 4.11. The topological polar surface area (TPSA) is 138 Å². The fourth-order valence-corrected chi connectivity index (χ4v) is 3.90. The summed E-state index contributed by atoms with van der Waals surface area (Å²) in [6, 6.07) is 6.62. The summed E-state index contributed by atoms with van der Waals surface area (Å²) in [6.45, 7) is 0.882. The van der Waals surface area contributed by atoms with Crippen LogP contribution in [0.3, 0.4) is 0 Å². The number of rotatable bonds is 4. The van der Waals surface area contributed by atoms with Crippen LogP contribution >= 0.6 is 0 Å². The summed E-state index contributed by atoms with van der Waals surface area (Å²) in [6.07, 6.45) is 0.592. The predicted molar refractivity (Wildman–Crippen MR) is 92.3 cm³/mol. The summed E-state index contributed by atoms with van der Waals surface area (Å²) >= 11 is 0. The number of hydrogen-bond donors (Lipinski definition) is 3. The molecule has 9 nitrogen and oxygen atoms in total. The zero-order valence-corrected chi connectivity index (χ0v) is 14.3. The van der Waals surface area contributed by atoms with Gasteiger partial charge >= 0.3 is 6.03 Å². The lowest BCUT2D eigenvalue weighted by molar-refractivity contribution is 0.206. The summed E-state index contributed by atoms with van der Waals surface area (Å²) in [4.78, 5) is 32.7. The van der Waals surface area contributed by atoms with Crippen molar-refractivity contribution < 1.29 is 13.2 Å². The van der Waals surface area contributed by atoms with E-state index in [2.05, 4.69) is 15.3 Å². The SMILES string of the molecule is NS(=O)(=O)C[C@@H]1CCN(C(=O)NCc2nc3ccccc3c(=O)[nH]2)C1. The van der Waals surface area contributed by atoms with Crippen molar-refractivity contribution in [2.24, 2.45) is 11.1 Å². The van der Waals surface area contributed by atoms with Gasteiger partial charge < -0.3 is 15.2 Å². The molecule has 0 radical (unpaired) electrons. The smallest absolute Gasteiger partial charge is 0.317 e. The highest BCUT2D eigenvalue weighted by Gasteiger charge is 2.28. The molecule has 0 aliphatic carbocycles. The van der Waals surface area contributed by atoms with Crippen LogP contribution in [-0.4, -0.2) is 48.2 Å². The quantitative estimate of drug-likeness (QED) is 0.685. The number of aromatic nitrogens is 2. The summed E-state index contributed by atoms with van der Waals surface area (Å²) in [7, 11) is -3.55. The molecule has 0 saturated carbocycles. The molecule has 2 aromatic rings. The first-order chi connectivity index (χ1) is 11.8. The molecule has 1 fully saturated rings. The van der Waals surface area contributed by atoms with Gasteiger partial charge in [-0.15, -0.1) is 0 Å². The number of carbonyl (C=O) groups excluding carboxylic acids is 1. The number of para-hydroxylation sites is 1. The van der Waals surface area contributed by atoms with Crippen LogP contribution in [0.5, 0.6) is 0 Å². The van der Waals surface area contributed by atoms with Crippen LogP contribution < -0.4 is 16.0 Å². The lowest BCUT2D eigenvalue weighted by Gasteiger charge is -2.17. The normalized spacial score (nSPS) is 17.8. The van der Waals surface area contributed by atoms with Gasteiger partial charge in [0.15, 0.2) is 0 Å². The van der Waals surface area contributed by atoms with Gasteiger partial charge in [0, 0.05) is 13.1 Å². The number of H-pyrrole nitrogens is 1. The number of fused-ring (bicyclic) bond motifs is 1. The first-order valence-electron chi connectivity index (χ1n) is 7.83. The molecule has 0 unspecified atom stereocenters. The average Bonchev–Trinajstić information content (AvgIpc) is 2.99. The highest BCUT2D eigenvalue weighted by atomic mass is 32.2. The Morgan fingerprint density at radius 3 is 2.92 bits per heavy atom. The van der Waals surface area contributed by atoms with Crippen molar-refractivity contribution in [3.05, 3.63) is 40.4 Å². The van der Waals surface area contributed by atoms with E-state index in [0.717, 1.165) is 0 Å². The van der Waals surface area contributed by atoms with Crippen molar-refractivity contribution in [2.75, 3.05) is 18.8 Å². The number of primary sulfonamides is 1. The van der Waals surface area contributed by atoms with Gasteiger partial charge in [-0.25, -0.2) is 23.3 Å². The fourth-order valence-electron chi connectivity index (χ4n) is 2.97. The zero-order valence-electron chi connectivity index (χ0n) is 13.4. The largest absolute Gasteiger partial charge is 0.331 e. The predicted octanol–water partition coefficient (Wildman–Crippen LogP) is -0.257. The van der Waals surface area contributed by atoms with Crippen molar-refractivity contribution in [2.45, 2.75) is 13.0 Å². The van der Waals surface area contributed by atoms with Crippen molar-refractivity contribution in [1.29, 1.82) is 0 Å². The number of urea groups is 1. The van der Waals surface area contributed by atoms with Crippen LogP contribution in [-0.2, 0) is 16.6 Å².